The van der Waals surface area contributed by atoms with Gasteiger partial charge in [-0.2, -0.15) is 0 Å². The van der Waals surface area contributed by atoms with Gasteiger partial charge < -0.3 is 0 Å². The Morgan fingerprint density at radius 3 is 2.50 bits per heavy atom. The van der Waals surface area contributed by atoms with Crippen molar-refractivity contribution in [3.8, 4) is 0 Å². The van der Waals surface area contributed by atoms with E-state index in [1.807, 2.05) is 18.2 Å². The Labute approximate surface area is 120 Å². The van der Waals surface area contributed by atoms with Gasteiger partial charge in [0, 0.05) is 12.0 Å². The number of Topliss-reactive ketones (excluding diaryl/α,β-unsaturated/α-hetero) is 1. The minimum atomic E-state index is 0.0686. The Morgan fingerprint density at radius 1 is 1.17 bits per heavy atom. The second-order valence-electron chi connectivity index (χ2n) is 4.00. The number of rotatable bonds is 5. The zero-order valence-corrected chi connectivity index (χ0v) is 12.0. The van der Waals surface area contributed by atoms with Gasteiger partial charge in [-0.1, -0.05) is 53.5 Å². The summed E-state index contributed by atoms with van der Waals surface area (Å²) in [7, 11) is 0. The highest BCUT2D eigenvalue weighted by molar-refractivity contribution is 7.20. The molecule has 0 N–H and O–H groups in total. The highest BCUT2D eigenvalue weighted by Crippen LogP contribution is 2.32. The number of hydrogen-bond donors (Lipinski definition) is 0. The minimum Gasteiger partial charge on any atom is -0.294 e. The van der Waals surface area contributed by atoms with Crippen LogP contribution in [0.5, 0.6) is 0 Å². The van der Waals surface area contributed by atoms with Crippen LogP contribution >= 0.6 is 34.5 Å². The molecule has 0 amide bonds. The predicted octanol–water partition coefficient (Wildman–Crippen LogP) is 5.26. The van der Waals surface area contributed by atoms with E-state index in [4.69, 9.17) is 23.2 Å². The number of aryl methyl sites for hydroxylation is 1. The lowest BCUT2D eigenvalue weighted by Gasteiger charge is -2.01. The second-order valence-corrected chi connectivity index (χ2v) is 6.29. The van der Waals surface area contributed by atoms with Crippen LogP contribution < -0.4 is 0 Å². The Balaban J connectivity index is 1.87. The van der Waals surface area contributed by atoms with E-state index >= 15 is 0 Å². The van der Waals surface area contributed by atoms with Crippen molar-refractivity contribution in [1.29, 1.82) is 0 Å². The molecule has 0 aliphatic carbocycles. The molecular weight excluding hydrogens is 287 g/mol. The number of carbonyl (C=O) groups excluding carboxylic acids is 1. The highest BCUT2D eigenvalue weighted by atomic mass is 35.5. The molecule has 0 unspecified atom stereocenters. The summed E-state index contributed by atoms with van der Waals surface area (Å²) in [6.45, 7) is 0. The first-order chi connectivity index (χ1) is 8.66. The van der Waals surface area contributed by atoms with Gasteiger partial charge in [0.05, 0.1) is 4.34 Å². The van der Waals surface area contributed by atoms with Crippen LogP contribution in [-0.4, -0.2) is 5.78 Å². The third kappa shape index (κ3) is 3.58. The van der Waals surface area contributed by atoms with Crippen LogP contribution in [0.15, 0.2) is 36.4 Å². The molecule has 18 heavy (non-hydrogen) atoms. The molecule has 1 aromatic carbocycles. The van der Waals surface area contributed by atoms with Crippen molar-refractivity contribution in [2.24, 2.45) is 0 Å². The maximum atomic E-state index is 11.9. The number of thiophene rings is 1. The molecule has 0 bridgehead atoms. The van der Waals surface area contributed by atoms with Crippen molar-refractivity contribution in [2.75, 3.05) is 0 Å². The van der Waals surface area contributed by atoms with E-state index in [-0.39, 0.29) is 5.78 Å². The second kappa shape index (κ2) is 6.37. The van der Waals surface area contributed by atoms with Crippen LogP contribution in [0, 0.1) is 0 Å². The van der Waals surface area contributed by atoms with Crippen LogP contribution in [0.3, 0.4) is 0 Å². The van der Waals surface area contributed by atoms with Crippen LogP contribution in [0.4, 0.5) is 0 Å². The van der Waals surface area contributed by atoms with E-state index in [0.717, 1.165) is 12.8 Å². The van der Waals surface area contributed by atoms with Gasteiger partial charge in [0.25, 0.3) is 0 Å². The van der Waals surface area contributed by atoms with Crippen LogP contribution in [0.25, 0.3) is 0 Å². The largest absolute Gasteiger partial charge is 0.294 e. The Bertz CT molecular complexity index is 534. The molecule has 0 aliphatic heterocycles. The molecule has 1 heterocycles. The first kappa shape index (κ1) is 13.6. The van der Waals surface area contributed by atoms with Crippen molar-refractivity contribution in [3.63, 3.8) is 0 Å². The smallest absolute Gasteiger partial charge is 0.165 e. The lowest BCUT2D eigenvalue weighted by Crippen LogP contribution is -1.98. The van der Waals surface area contributed by atoms with Crippen molar-refractivity contribution in [1.82, 2.24) is 0 Å². The summed E-state index contributed by atoms with van der Waals surface area (Å²) in [6.07, 6.45) is 2.23. The molecule has 0 saturated carbocycles. The standard InChI is InChI=1S/C14H12Cl2OS/c15-13-9-11(14(16)18-13)12(17)8-4-7-10-5-2-1-3-6-10/h1-3,5-6,9H,4,7-8H2. The molecule has 2 rings (SSSR count). The fourth-order valence-electron chi connectivity index (χ4n) is 1.76. The summed E-state index contributed by atoms with van der Waals surface area (Å²) in [4.78, 5) is 11.9. The zero-order valence-electron chi connectivity index (χ0n) is 9.66. The summed E-state index contributed by atoms with van der Waals surface area (Å²) in [5, 5.41) is 0. The number of carbonyl (C=O) groups is 1. The number of halogens is 2. The lowest BCUT2D eigenvalue weighted by molar-refractivity contribution is 0.0981. The monoisotopic (exact) mass is 298 g/mol. The predicted molar refractivity (Wildman–Crippen MR) is 78.0 cm³/mol. The van der Waals surface area contributed by atoms with Crippen molar-refractivity contribution < 1.29 is 4.79 Å². The Kier molecular flexibility index (Phi) is 4.81. The maximum absolute atomic E-state index is 11.9. The van der Waals surface area contributed by atoms with E-state index in [1.54, 1.807) is 6.07 Å². The Morgan fingerprint density at radius 2 is 1.89 bits per heavy atom. The summed E-state index contributed by atoms with van der Waals surface area (Å²) in [5.74, 6) is 0.0686. The van der Waals surface area contributed by atoms with Crippen LogP contribution in [0.2, 0.25) is 8.67 Å². The fraction of sp³-hybridized carbons (Fsp3) is 0.214. The van der Waals surface area contributed by atoms with E-state index < -0.39 is 0 Å². The summed E-state index contributed by atoms with van der Waals surface area (Å²) < 4.78 is 1.05. The molecule has 0 spiro atoms. The normalized spacial score (nSPS) is 10.6. The quantitative estimate of drug-likeness (QED) is 0.688. The maximum Gasteiger partial charge on any atom is 0.165 e. The Hall–Kier alpha value is -0.830. The third-order valence-electron chi connectivity index (χ3n) is 2.67. The number of hydrogen-bond acceptors (Lipinski definition) is 2. The van der Waals surface area contributed by atoms with Gasteiger partial charge in [0.15, 0.2) is 5.78 Å². The zero-order chi connectivity index (χ0) is 13.0. The number of benzene rings is 1. The van der Waals surface area contributed by atoms with Gasteiger partial charge in [-0.05, 0) is 24.5 Å². The van der Waals surface area contributed by atoms with Gasteiger partial charge in [-0.3, -0.25) is 4.79 Å². The first-order valence-electron chi connectivity index (χ1n) is 5.69. The van der Waals surface area contributed by atoms with E-state index in [9.17, 15) is 4.79 Å². The topological polar surface area (TPSA) is 17.1 Å². The molecule has 0 aliphatic rings. The van der Waals surface area contributed by atoms with E-state index in [1.165, 1.54) is 16.9 Å². The van der Waals surface area contributed by atoms with Gasteiger partial charge >= 0.3 is 0 Å². The van der Waals surface area contributed by atoms with Gasteiger partial charge in [-0.25, -0.2) is 0 Å². The van der Waals surface area contributed by atoms with Crippen molar-refractivity contribution in [2.45, 2.75) is 19.3 Å². The molecular formula is C14H12Cl2OS. The molecule has 4 heteroatoms. The van der Waals surface area contributed by atoms with Gasteiger partial charge in [0.1, 0.15) is 4.34 Å². The lowest BCUT2D eigenvalue weighted by atomic mass is 10.0. The van der Waals surface area contributed by atoms with Gasteiger partial charge in [-0.15, -0.1) is 11.3 Å². The minimum absolute atomic E-state index is 0.0686. The molecule has 0 fully saturated rings. The average Bonchev–Trinajstić information content (AvgIpc) is 2.70. The SMILES string of the molecule is O=C(CCCc1ccccc1)c1cc(Cl)sc1Cl. The first-order valence-corrected chi connectivity index (χ1v) is 7.26. The molecule has 0 saturated heterocycles. The molecule has 1 aromatic heterocycles. The molecule has 94 valence electrons. The average molecular weight is 299 g/mol. The van der Waals surface area contributed by atoms with Crippen molar-refractivity contribution >= 4 is 40.3 Å². The summed E-state index contributed by atoms with van der Waals surface area (Å²) >= 11 is 13.0. The van der Waals surface area contributed by atoms with E-state index in [2.05, 4.69) is 12.1 Å². The highest BCUT2D eigenvalue weighted by Gasteiger charge is 2.13. The number of ketones is 1. The van der Waals surface area contributed by atoms with Crippen LogP contribution in [-0.2, 0) is 6.42 Å². The molecule has 1 nitrogen and oxygen atoms in total. The molecule has 0 radical (unpaired) electrons. The molecule has 0 atom stereocenters. The van der Waals surface area contributed by atoms with Crippen molar-refractivity contribution in [3.05, 3.63) is 56.2 Å². The fourth-order valence-corrected chi connectivity index (χ4v) is 3.26. The molecule has 2 aromatic rings. The third-order valence-corrected chi connectivity index (χ3v) is 4.16. The summed E-state index contributed by atoms with van der Waals surface area (Å²) in [5.41, 5.74) is 1.81. The summed E-state index contributed by atoms with van der Waals surface area (Å²) in [6, 6.07) is 11.8. The van der Waals surface area contributed by atoms with E-state index in [0.29, 0.717) is 20.7 Å². The van der Waals surface area contributed by atoms with Gasteiger partial charge in [0.2, 0.25) is 0 Å². The van der Waals surface area contributed by atoms with Crippen LogP contribution in [0.1, 0.15) is 28.8 Å².